The van der Waals surface area contributed by atoms with E-state index in [0.717, 1.165) is 0 Å². The number of amides is 1. The molecule has 1 rings (SSSR count). The quantitative estimate of drug-likeness (QED) is 0.615. The monoisotopic (exact) mass is 369 g/mol. The van der Waals surface area contributed by atoms with Crippen molar-refractivity contribution in [1.29, 1.82) is 0 Å². The van der Waals surface area contributed by atoms with Gasteiger partial charge in [0.2, 0.25) is 0 Å². The topological polar surface area (TPSA) is 73.9 Å². The fourth-order valence-corrected chi connectivity index (χ4v) is 2.23. The molecule has 0 saturated carbocycles. The summed E-state index contributed by atoms with van der Waals surface area (Å²) in [6, 6.07) is 3.30. The Labute approximate surface area is 153 Å². The maximum atomic E-state index is 11.9. The van der Waals surface area contributed by atoms with Crippen molar-refractivity contribution in [3.63, 3.8) is 0 Å². The zero-order valence-corrected chi connectivity index (χ0v) is 16.1. The lowest BCUT2D eigenvalue weighted by Gasteiger charge is -2.22. The van der Waals surface area contributed by atoms with E-state index in [9.17, 15) is 9.59 Å². The van der Waals surface area contributed by atoms with Crippen LogP contribution in [0.4, 0.5) is 0 Å². The fraction of sp³-hybridized carbons (Fsp3) is 0.444. The highest BCUT2D eigenvalue weighted by atomic mass is 35.5. The fourth-order valence-electron chi connectivity index (χ4n) is 1.94. The molecule has 0 fully saturated rings. The Bertz CT molecular complexity index is 664. The summed E-state index contributed by atoms with van der Waals surface area (Å²) >= 11 is 6.11. The van der Waals surface area contributed by atoms with Crippen LogP contribution in [0.3, 0.4) is 0 Å². The number of rotatable bonds is 6. The molecule has 0 aliphatic heterocycles. The normalized spacial score (nSPS) is 12.6. The lowest BCUT2D eigenvalue weighted by atomic mass is 10.1. The van der Waals surface area contributed by atoms with Gasteiger partial charge in [-0.1, -0.05) is 11.6 Å². The Kier molecular flexibility index (Phi) is 7.30. The van der Waals surface area contributed by atoms with E-state index < -0.39 is 17.6 Å². The molecule has 25 heavy (non-hydrogen) atoms. The second kappa shape index (κ2) is 8.76. The highest BCUT2D eigenvalue weighted by molar-refractivity contribution is 6.32. The maximum Gasteiger partial charge on any atom is 0.331 e. The average molecular weight is 370 g/mol. The van der Waals surface area contributed by atoms with Crippen LogP contribution in [-0.4, -0.2) is 37.7 Å². The number of carbonyl (C=O) groups is 2. The Balaban J connectivity index is 2.77. The summed E-state index contributed by atoms with van der Waals surface area (Å²) in [5.41, 5.74) is 0.232. The van der Waals surface area contributed by atoms with Crippen molar-refractivity contribution in [3.8, 4) is 11.5 Å². The SMILES string of the molecule is COc1cc(/C=C/C(=O)O[C@H](C)C(=O)NC(C)(C)C)cc(Cl)c1OC. The second-order valence-corrected chi connectivity index (χ2v) is 6.80. The molecule has 1 aromatic rings. The van der Waals surface area contributed by atoms with Gasteiger partial charge in [-0.2, -0.15) is 0 Å². The van der Waals surface area contributed by atoms with Gasteiger partial charge in [0, 0.05) is 11.6 Å². The van der Waals surface area contributed by atoms with E-state index in [-0.39, 0.29) is 5.91 Å². The van der Waals surface area contributed by atoms with E-state index in [0.29, 0.717) is 22.1 Å². The van der Waals surface area contributed by atoms with Gasteiger partial charge in [0.1, 0.15) is 0 Å². The van der Waals surface area contributed by atoms with E-state index in [4.69, 9.17) is 25.8 Å². The minimum absolute atomic E-state index is 0.354. The first-order valence-electron chi connectivity index (χ1n) is 7.69. The summed E-state index contributed by atoms with van der Waals surface area (Å²) in [4.78, 5) is 23.8. The van der Waals surface area contributed by atoms with Crippen LogP contribution in [0.25, 0.3) is 6.08 Å². The van der Waals surface area contributed by atoms with E-state index in [1.807, 2.05) is 20.8 Å². The predicted octanol–water partition coefficient (Wildman–Crippen LogP) is 3.22. The zero-order valence-electron chi connectivity index (χ0n) is 15.3. The van der Waals surface area contributed by atoms with Crippen molar-refractivity contribution in [2.24, 2.45) is 0 Å². The van der Waals surface area contributed by atoms with Gasteiger partial charge in [-0.3, -0.25) is 4.79 Å². The Morgan fingerprint density at radius 1 is 1.20 bits per heavy atom. The summed E-state index contributed by atoms with van der Waals surface area (Å²) < 4.78 is 15.4. The molecule has 0 aliphatic rings. The third-order valence-corrected chi connectivity index (χ3v) is 3.31. The Morgan fingerprint density at radius 3 is 2.36 bits per heavy atom. The van der Waals surface area contributed by atoms with Crippen molar-refractivity contribution >= 4 is 29.6 Å². The molecule has 7 heteroatoms. The summed E-state index contributed by atoms with van der Waals surface area (Å²) in [6.45, 7) is 7.06. The molecule has 1 amide bonds. The summed E-state index contributed by atoms with van der Waals surface area (Å²) in [6.07, 6.45) is 1.84. The van der Waals surface area contributed by atoms with Crippen LogP contribution in [0.15, 0.2) is 18.2 Å². The number of carbonyl (C=O) groups excluding carboxylic acids is 2. The van der Waals surface area contributed by atoms with Gasteiger partial charge >= 0.3 is 5.97 Å². The van der Waals surface area contributed by atoms with Gasteiger partial charge < -0.3 is 19.5 Å². The zero-order chi connectivity index (χ0) is 19.2. The van der Waals surface area contributed by atoms with Crippen LogP contribution < -0.4 is 14.8 Å². The number of hydrogen-bond acceptors (Lipinski definition) is 5. The number of benzene rings is 1. The number of halogens is 1. The van der Waals surface area contributed by atoms with Crippen LogP contribution in [-0.2, 0) is 14.3 Å². The van der Waals surface area contributed by atoms with Crippen molar-refractivity contribution in [2.45, 2.75) is 39.3 Å². The number of esters is 1. The van der Waals surface area contributed by atoms with Gasteiger partial charge in [-0.25, -0.2) is 4.79 Å². The summed E-state index contributed by atoms with van der Waals surface area (Å²) in [5.74, 6) is -0.136. The molecule has 6 nitrogen and oxygen atoms in total. The average Bonchev–Trinajstić information content (AvgIpc) is 2.50. The van der Waals surface area contributed by atoms with Crippen LogP contribution in [0.2, 0.25) is 5.02 Å². The van der Waals surface area contributed by atoms with Crippen LogP contribution in [0, 0.1) is 0 Å². The Morgan fingerprint density at radius 2 is 1.84 bits per heavy atom. The smallest absolute Gasteiger partial charge is 0.331 e. The van der Waals surface area contributed by atoms with E-state index in [2.05, 4.69) is 5.32 Å². The molecule has 0 radical (unpaired) electrons. The van der Waals surface area contributed by atoms with Crippen LogP contribution in [0.5, 0.6) is 11.5 Å². The maximum absolute atomic E-state index is 11.9. The molecule has 1 N–H and O–H groups in total. The lowest BCUT2D eigenvalue weighted by Crippen LogP contribution is -2.46. The minimum atomic E-state index is -0.898. The van der Waals surface area contributed by atoms with Crippen molar-refractivity contribution in [2.75, 3.05) is 14.2 Å². The van der Waals surface area contributed by atoms with Crippen LogP contribution in [0.1, 0.15) is 33.3 Å². The predicted molar refractivity (Wildman–Crippen MR) is 97.0 cm³/mol. The molecule has 0 unspecified atom stereocenters. The molecule has 0 aliphatic carbocycles. The van der Waals surface area contributed by atoms with Crippen molar-refractivity contribution < 1.29 is 23.8 Å². The molecular weight excluding hydrogens is 346 g/mol. The van der Waals surface area contributed by atoms with Crippen molar-refractivity contribution in [3.05, 3.63) is 28.8 Å². The largest absolute Gasteiger partial charge is 0.493 e. The molecule has 0 aromatic heterocycles. The molecule has 138 valence electrons. The van der Waals surface area contributed by atoms with Gasteiger partial charge in [-0.05, 0) is 51.5 Å². The number of ether oxygens (including phenoxy) is 3. The molecule has 0 heterocycles. The lowest BCUT2D eigenvalue weighted by molar-refractivity contribution is -0.150. The first kappa shape index (κ1) is 20.8. The van der Waals surface area contributed by atoms with E-state index in [1.165, 1.54) is 33.3 Å². The molecule has 1 aromatic carbocycles. The van der Waals surface area contributed by atoms with Gasteiger partial charge in [-0.15, -0.1) is 0 Å². The molecular formula is C18H24ClNO5. The van der Waals surface area contributed by atoms with E-state index >= 15 is 0 Å². The van der Waals surface area contributed by atoms with E-state index in [1.54, 1.807) is 12.1 Å². The molecule has 0 spiro atoms. The van der Waals surface area contributed by atoms with Crippen molar-refractivity contribution in [1.82, 2.24) is 5.32 Å². The Hall–Kier alpha value is -2.21. The molecule has 1 atom stereocenters. The first-order chi connectivity index (χ1) is 11.6. The van der Waals surface area contributed by atoms with Crippen LogP contribution >= 0.6 is 11.6 Å². The molecule has 0 saturated heterocycles. The number of nitrogens with one attached hydrogen (secondary N) is 1. The summed E-state index contributed by atoms with van der Waals surface area (Å²) in [7, 11) is 2.98. The minimum Gasteiger partial charge on any atom is -0.493 e. The van der Waals surface area contributed by atoms with Gasteiger partial charge in [0.25, 0.3) is 5.91 Å². The highest BCUT2D eigenvalue weighted by Gasteiger charge is 2.21. The molecule has 0 bridgehead atoms. The first-order valence-corrected chi connectivity index (χ1v) is 8.07. The number of hydrogen-bond donors (Lipinski definition) is 1. The second-order valence-electron chi connectivity index (χ2n) is 6.39. The standard InChI is InChI=1S/C18H24ClNO5/c1-11(17(22)20-18(2,3)4)25-15(21)8-7-12-9-13(19)16(24-6)14(10-12)23-5/h7-11H,1-6H3,(H,20,22)/b8-7+/t11-/m1/s1. The number of methoxy groups -OCH3 is 2. The van der Waals surface area contributed by atoms with Gasteiger partial charge in [0.15, 0.2) is 17.6 Å². The third-order valence-electron chi connectivity index (χ3n) is 3.03. The third kappa shape index (κ3) is 6.66. The highest BCUT2D eigenvalue weighted by Crippen LogP contribution is 2.36. The summed E-state index contributed by atoms with van der Waals surface area (Å²) in [5, 5.41) is 3.10. The van der Waals surface area contributed by atoms with Gasteiger partial charge in [0.05, 0.1) is 19.2 Å².